The van der Waals surface area contributed by atoms with Crippen LogP contribution in [0.15, 0.2) is 0 Å². The van der Waals surface area contributed by atoms with Crippen molar-refractivity contribution in [2.45, 2.75) is 25.1 Å². The molecule has 0 aromatic rings. The molecule has 0 saturated carbocycles. The molecule has 0 bridgehead atoms. The fraction of sp³-hybridized carbons (Fsp3) is 0.778. The average molecular weight is 262 g/mol. The van der Waals surface area contributed by atoms with Crippen molar-refractivity contribution in [3.05, 3.63) is 6.92 Å². The third-order valence-corrected chi connectivity index (χ3v) is 2.36. The number of amides is 1. The number of carbonyl (C=O) groups excluding carboxylic acids is 1. The van der Waals surface area contributed by atoms with Gasteiger partial charge in [0.1, 0.15) is 0 Å². The molecule has 0 aliphatic carbocycles. The molecule has 1 aliphatic rings. The second-order valence-corrected chi connectivity index (χ2v) is 3.73. The Morgan fingerprint density at radius 3 is 2.25 bits per heavy atom. The van der Waals surface area contributed by atoms with Crippen LogP contribution in [0.5, 0.6) is 0 Å². The van der Waals surface area contributed by atoms with Crippen molar-refractivity contribution in [3.63, 3.8) is 0 Å². The summed E-state index contributed by atoms with van der Waals surface area (Å²) in [6, 6.07) is -0.0283. The van der Waals surface area contributed by atoms with Gasteiger partial charge in [0.2, 0.25) is 0 Å². The van der Waals surface area contributed by atoms with Crippen molar-refractivity contribution in [3.8, 4) is 0 Å². The van der Waals surface area contributed by atoms with E-state index in [1.54, 1.807) is 0 Å². The Balaban J connectivity index is 0.00000225. The molecular formula is C9H14F3KN2O. The van der Waals surface area contributed by atoms with Crippen LogP contribution in [-0.2, 0) is 4.79 Å². The van der Waals surface area contributed by atoms with Crippen molar-refractivity contribution in [1.82, 2.24) is 10.2 Å². The summed E-state index contributed by atoms with van der Waals surface area (Å²) in [7, 11) is 0. The monoisotopic (exact) mass is 262 g/mol. The molecule has 0 unspecified atom stereocenters. The molecule has 0 aromatic heterocycles. The van der Waals surface area contributed by atoms with Gasteiger partial charge >= 0.3 is 57.6 Å². The van der Waals surface area contributed by atoms with E-state index < -0.39 is 12.7 Å². The molecule has 0 radical (unpaired) electrons. The molecular weight excluding hydrogens is 248 g/mol. The maximum atomic E-state index is 12.0. The van der Waals surface area contributed by atoms with Gasteiger partial charge in [-0.25, -0.2) is 0 Å². The number of likely N-dealkylation sites (tertiary alicyclic amines) is 1. The third-order valence-electron chi connectivity index (χ3n) is 2.36. The predicted molar refractivity (Wildman–Crippen MR) is 49.0 cm³/mol. The van der Waals surface area contributed by atoms with Gasteiger partial charge in [0.25, 0.3) is 0 Å². The maximum Gasteiger partial charge on any atom is 1.00 e. The van der Waals surface area contributed by atoms with Gasteiger partial charge in [-0.05, 0) is 12.8 Å². The Morgan fingerprint density at radius 1 is 1.38 bits per heavy atom. The van der Waals surface area contributed by atoms with E-state index in [9.17, 15) is 18.0 Å². The van der Waals surface area contributed by atoms with Gasteiger partial charge in [-0.1, -0.05) is 0 Å². The number of piperidine rings is 1. The largest absolute Gasteiger partial charge is 1.00 e. The molecule has 7 heteroatoms. The first-order chi connectivity index (χ1) is 6.87. The first-order valence-corrected chi connectivity index (χ1v) is 4.78. The molecule has 0 spiro atoms. The Hall–Kier alpha value is 0.726. The number of alkyl halides is 3. The molecule has 0 atom stereocenters. The minimum absolute atomic E-state index is 0. The summed E-state index contributed by atoms with van der Waals surface area (Å²) < 4.78 is 36.1. The first-order valence-electron chi connectivity index (χ1n) is 4.78. The Bertz CT molecular complexity index is 227. The fourth-order valence-electron chi connectivity index (χ4n) is 1.72. The summed E-state index contributed by atoms with van der Waals surface area (Å²) in [5.41, 5.74) is 0. The van der Waals surface area contributed by atoms with Crippen LogP contribution in [0.25, 0.3) is 0 Å². The van der Waals surface area contributed by atoms with E-state index in [2.05, 4.69) is 12.2 Å². The van der Waals surface area contributed by atoms with Crippen LogP contribution < -0.4 is 56.7 Å². The van der Waals surface area contributed by atoms with Crippen molar-refractivity contribution >= 4 is 5.91 Å². The topological polar surface area (TPSA) is 32.3 Å². The second-order valence-electron chi connectivity index (χ2n) is 3.73. The smallest absolute Gasteiger partial charge is 0.378 e. The number of hydrogen-bond donors (Lipinski definition) is 1. The number of hydrogen-bond acceptors (Lipinski definition) is 2. The Morgan fingerprint density at radius 2 is 1.88 bits per heavy atom. The molecule has 1 rings (SSSR count). The molecule has 1 heterocycles. The molecule has 1 N–H and O–H groups in total. The van der Waals surface area contributed by atoms with Crippen molar-refractivity contribution in [2.24, 2.45) is 0 Å². The minimum atomic E-state index is -4.14. The molecule has 1 aliphatic heterocycles. The van der Waals surface area contributed by atoms with Gasteiger partial charge in [-0.15, -0.1) is 0 Å². The van der Waals surface area contributed by atoms with Crippen LogP contribution in [-0.4, -0.2) is 42.7 Å². The van der Waals surface area contributed by atoms with Crippen LogP contribution in [0, 0.1) is 6.92 Å². The van der Waals surface area contributed by atoms with Gasteiger partial charge in [-0.2, -0.15) is 13.2 Å². The minimum Gasteiger partial charge on any atom is -0.378 e. The predicted octanol–water partition coefficient (Wildman–Crippen LogP) is -2.03. The van der Waals surface area contributed by atoms with Gasteiger partial charge in [0, 0.05) is 19.1 Å². The number of carbonyl (C=O) groups is 1. The van der Waals surface area contributed by atoms with Crippen LogP contribution in [0.1, 0.15) is 12.8 Å². The molecule has 16 heavy (non-hydrogen) atoms. The van der Waals surface area contributed by atoms with Gasteiger partial charge in [-0.3, -0.25) is 4.90 Å². The Kier molecular flexibility index (Phi) is 7.55. The van der Waals surface area contributed by atoms with E-state index in [1.807, 2.05) is 0 Å². The number of halogens is 3. The Labute approximate surface area is 136 Å². The number of nitrogens with zero attached hydrogens (tertiary/aromatic N) is 1. The molecule has 88 valence electrons. The fourth-order valence-corrected chi connectivity index (χ4v) is 1.72. The van der Waals surface area contributed by atoms with Gasteiger partial charge in [0.05, 0.1) is 12.5 Å². The molecule has 1 fully saturated rings. The SMILES string of the molecule is [CH2-]C(=O)NC1CCN(CC(F)(F)F)CC1.[K+]. The van der Waals surface area contributed by atoms with Crippen LogP contribution in [0.4, 0.5) is 13.2 Å². The van der Waals surface area contributed by atoms with Crippen molar-refractivity contribution in [1.29, 1.82) is 0 Å². The zero-order chi connectivity index (χ0) is 11.5. The van der Waals surface area contributed by atoms with Gasteiger partial charge in [0.15, 0.2) is 0 Å². The van der Waals surface area contributed by atoms with Crippen LogP contribution in [0.2, 0.25) is 0 Å². The summed E-state index contributed by atoms with van der Waals surface area (Å²) >= 11 is 0. The number of nitrogens with one attached hydrogen (secondary N) is 1. The zero-order valence-electron chi connectivity index (χ0n) is 9.31. The summed E-state index contributed by atoms with van der Waals surface area (Å²) in [6.45, 7) is 3.04. The van der Waals surface area contributed by atoms with Crippen LogP contribution in [0.3, 0.4) is 0 Å². The third kappa shape index (κ3) is 7.13. The van der Waals surface area contributed by atoms with E-state index >= 15 is 0 Å². The van der Waals surface area contributed by atoms with Crippen molar-refractivity contribution in [2.75, 3.05) is 19.6 Å². The molecule has 1 saturated heterocycles. The normalized spacial score (nSPS) is 18.9. The average Bonchev–Trinajstić information content (AvgIpc) is 2.05. The summed E-state index contributed by atoms with van der Waals surface area (Å²) in [5, 5.41) is 2.61. The van der Waals surface area contributed by atoms with Crippen LogP contribution >= 0.6 is 0 Å². The van der Waals surface area contributed by atoms with Gasteiger partial charge < -0.3 is 17.0 Å². The van der Waals surface area contributed by atoms with E-state index in [0.29, 0.717) is 25.9 Å². The molecule has 1 amide bonds. The summed E-state index contributed by atoms with van der Waals surface area (Å²) in [5.74, 6) is -0.371. The standard InChI is InChI=1S/C9H14F3N2O.K/c1-7(15)13-8-2-4-14(5-3-8)6-9(10,11)12;/h8H,1-6H2,(H,13,15);/q-1;+1. The quantitative estimate of drug-likeness (QED) is 0.460. The first kappa shape index (κ1) is 16.7. The van der Waals surface area contributed by atoms with E-state index in [1.165, 1.54) is 4.90 Å². The molecule has 0 aromatic carbocycles. The zero-order valence-corrected chi connectivity index (χ0v) is 12.4. The summed E-state index contributed by atoms with van der Waals surface area (Å²) in [4.78, 5) is 12.0. The summed E-state index contributed by atoms with van der Waals surface area (Å²) in [6.07, 6.45) is -3.03. The van der Waals surface area contributed by atoms with E-state index in [-0.39, 0.29) is 63.3 Å². The van der Waals surface area contributed by atoms with Crippen molar-refractivity contribution < 1.29 is 69.4 Å². The van der Waals surface area contributed by atoms with E-state index in [0.717, 1.165) is 0 Å². The van der Waals surface area contributed by atoms with E-state index in [4.69, 9.17) is 0 Å². The molecule has 3 nitrogen and oxygen atoms in total. The second kappa shape index (κ2) is 7.23. The number of rotatable bonds is 2. The maximum absolute atomic E-state index is 12.0.